The zero-order valence-electron chi connectivity index (χ0n) is 11.9. The fourth-order valence-corrected chi connectivity index (χ4v) is 3.33. The third-order valence-electron chi connectivity index (χ3n) is 3.84. The van der Waals surface area contributed by atoms with Gasteiger partial charge in [-0.2, -0.15) is 0 Å². The predicted molar refractivity (Wildman–Crippen MR) is 92.2 cm³/mol. The maximum atomic E-state index is 11.3. The largest absolute Gasteiger partial charge is 0.481 e. The second-order valence-corrected chi connectivity index (χ2v) is 6.13. The van der Waals surface area contributed by atoms with E-state index in [1.54, 1.807) is 0 Å². The molecular weight excluding hydrogens is 340 g/mol. The summed E-state index contributed by atoms with van der Waals surface area (Å²) in [7, 11) is 0. The normalized spacial score (nSPS) is 12.2. The lowest BCUT2D eigenvalue weighted by atomic mass is 9.87. The number of rotatable bonds is 4. The Labute approximate surface area is 137 Å². The molecule has 0 saturated heterocycles. The summed E-state index contributed by atoms with van der Waals surface area (Å²) in [6.07, 6.45) is 0.0704. The molecule has 0 bridgehead atoms. The maximum absolute atomic E-state index is 11.3. The lowest BCUT2D eigenvalue weighted by Gasteiger charge is -2.18. The molecule has 3 heteroatoms. The average molecular weight is 355 g/mol. The smallest absolute Gasteiger partial charge is 0.304 e. The van der Waals surface area contributed by atoms with E-state index in [2.05, 4.69) is 40.2 Å². The van der Waals surface area contributed by atoms with Gasteiger partial charge in [-0.05, 0) is 28.0 Å². The van der Waals surface area contributed by atoms with Crippen LogP contribution in [0.2, 0.25) is 0 Å². The molecule has 0 aromatic heterocycles. The quantitative estimate of drug-likeness (QED) is 0.698. The van der Waals surface area contributed by atoms with Crippen molar-refractivity contribution < 1.29 is 9.90 Å². The number of carbonyl (C=O) groups is 1. The van der Waals surface area contributed by atoms with Crippen LogP contribution in [0.1, 0.15) is 23.5 Å². The van der Waals surface area contributed by atoms with Crippen molar-refractivity contribution in [3.63, 3.8) is 0 Å². The molecule has 0 aliphatic carbocycles. The molecule has 3 aromatic rings. The highest BCUT2D eigenvalue weighted by Crippen LogP contribution is 2.34. The van der Waals surface area contributed by atoms with E-state index in [9.17, 15) is 9.90 Å². The van der Waals surface area contributed by atoms with E-state index in [-0.39, 0.29) is 12.3 Å². The van der Waals surface area contributed by atoms with Gasteiger partial charge in [0.1, 0.15) is 0 Å². The highest BCUT2D eigenvalue weighted by Gasteiger charge is 2.20. The molecule has 3 rings (SSSR count). The SMILES string of the molecule is O=C(O)CC(c1ccc2ccccc2c1)c1ccccc1Br. The van der Waals surface area contributed by atoms with Gasteiger partial charge in [-0.1, -0.05) is 76.6 Å². The Bertz CT molecular complexity index is 826. The summed E-state index contributed by atoms with van der Waals surface area (Å²) < 4.78 is 0.939. The highest BCUT2D eigenvalue weighted by atomic mass is 79.9. The molecule has 0 amide bonds. The van der Waals surface area contributed by atoms with Crippen LogP contribution in [0.4, 0.5) is 0 Å². The second kappa shape index (κ2) is 6.32. The van der Waals surface area contributed by atoms with E-state index in [0.29, 0.717) is 0 Å². The van der Waals surface area contributed by atoms with Crippen LogP contribution in [0.5, 0.6) is 0 Å². The van der Waals surface area contributed by atoms with E-state index in [1.165, 1.54) is 0 Å². The van der Waals surface area contributed by atoms with E-state index in [4.69, 9.17) is 0 Å². The number of benzene rings is 3. The first-order chi connectivity index (χ1) is 10.6. The lowest BCUT2D eigenvalue weighted by Crippen LogP contribution is -2.08. The topological polar surface area (TPSA) is 37.3 Å². The molecule has 2 nitrogen and oxygen atoms in total. The summed E-state index contributed by atoms with van der Waals surface area (Å²) in [6, 6.07) is 22.1. The van der Waals surface area contributed by atoms with Crippen LogP contribution in [-0.2, 0) is 4.79 Å². The van der Waals surface area contributed by atoms with Gasteiger partial charge < -0.3 is 5.11 Å². The van der Waals surface area contributed by atoms with Gasteiger partial charge in [0.25, 0.3) is 0 Å². The predicted octanol–water partition coefficient (Wildman–Crippen LogP) is 5.21. The van der Waals surface area contributed by atoms with Gasteiger partial charge in [0.05, 0.1) is 6.42 Å². The number of hydrogen-bond donors (Lipinski definition) is 1. The monoisotopic (exact) mass is 354 g/mol. The van der Waals surface area contributed by atoms with Crippen molar-refractivity contribution in [2.24, 2.45) is 0 Å². The van der Waals surface area contributed by atoms with Crippen LogP contribution in [-0.4, -0.2) is 11.1 Å². The van der Waals surface area contributed by atoms with Crippen molar-refractivity contribution in [2.75, 3.05) is 0 Å². The first kappa shape index (κ1) is 14.8. The minimum atomic E-state index is -0.797. The molecular formula is C19H15BrO2. The van der Waals surface area contributed by atoms with E-state index < -0.39 is 5.97 Å². The molecule has 0 aliphatic heterocycles. The van der Waals surface area contributed by atoms with Crippen LogP contribution in [0.25, 0.3) is 10.8 Å². The molecule has 1 N–H and O–H groups in total. The Hall–Kier alpha value is -2.13. The second-order valence-electron chi connectivity index (χ2n) is 5.28. The standard InChI is InChI=1S/C19H15BrO2/c20-18-8-4-3-7-16(18)17(12-19(21)22)15-10-9-13-5-1-2-6-14(13)11-15/h1-11,17H,12H2,(H,21,22). The number of halogens is 1. The van der Waals surface area contributed by atoms with Crippen LogP contribution in [0.15, 0.2) is 71.2 Å². The van der Waals surface area contributed by atoms with Crippen molar-refractivity contribution in [3.05, 3.63) is 82.3 Å². The zero-order chi connectivity index (χ0) is 15.5. The molecule has 0 fully saturated rings. The Morgan fingerprint density at radius 2 is 1.64 bits per heavy atom. The summed E-state index contributed by atoms with van der Waals surface area (Å²) in [5.74, 6) is -0.966. The van der Waals surface area contributed by atoms with Gasteiger partial charge >= 0.3 is 5.97 Å². The number of carboxylic acid groups (broad SMARTS) is 1. The zero-order valence-corrected chi connectivity index (χ0v) is 13.5. The van der Waals surface area contributed by atoms with E-state index in [0.717, 1.165) is 26.4 Å². The molecule has 1 atom stereocenters. The third kappa shape index (κ3) is 3.04. The number of fused-ring (bicyclic) bond motifs is 1. The fourth-order valence-electron chi connectivity index (χ4n) is 2.76. The summed E-state index contributed by atoms with van der Waals surface area (Å²) in [5, 5.41) is 11.6. The minimum Gasteiger partial charge on any atom is -0.481 e. The molecule has 0 saturated carbocycles. The van der Waals surface area contributed by atoms with Gasteiger partial charge in [0, 0.05) is 10.4 Å². The number of aliphatic carboxylic acids is 1. The van der Waals surface area contributed by atoms with Crippen LogP contribution in [0.3, 0.4) is 0 Å². The third-order valence-corrected chi connectivity index (χ3v) is 4.56. The number of carboxylic acids is 1. The Morgan fingerprint density at radius 1 is 0.955 bits per heavy atom. The van der Waals surface area contributed by atoms with Gasteiger partial charge in [-0.3, -0.25) is 4.79 Å². The molecule has 0 radical (unpaired) electrons. The summed E-state index contributed by atoms with van der Waals surface area (Å²) >= 11 is 3.54. The summed E-state index contributed by atoms with van der Waals surface area (Å²) in [5.41, 5.74) is 2.02. The Kier molecular flexibility index (Phi) is 4.25. The van der Waals surface area contributed by atoms with Crippen molar-refractivity contribution in [1.29, 1.82) is 0 Å². The summed E-state index contributed by atoms with van der Waals surface area (Å²) in [6.45, 7) is 0. The van der Waals surface area contributed by atoms with Gasteiger partial charge in [0.2, 0.25) is 0 Å². The van der Waals surface area contributed by atoms with Crippen LogP contribution >= 0.6 is 15.9 Å². The van der Waals surface area contributed by atoms with Crippen molar-refractivity contribution >= 4 is 32.7 Å². The molecule has 0 heterocycles. The first-order valence-corrected chi connectivity index (χ1v) is 7.89. The van der Waals surface area contributed by atoms with Crippen LogP contribution in [0, 0.1) is 0 Å². The molecule has 110 valence electrons. The minimum absolute atomic E-state index is 0.0704. The van der Waals surface area contributed by atoms with Crippen molar-refractivity contribution in [1.82, 2.24) is 0 Å². The molecule has 0 spiro atoms. The Morgan fingerprint density at radius 3 is 2.36 bits per heavy atom. The van der Waals surface area contributed by atoms with Gasteiger partial charge in [0.15, 0.2) is 0 Å². The number of hydrogen-bond acceptors (Lipinski definition) is 1. The molecule has 22 heavy (non-hydrogen) atoms. The fraction of sp³-hybridized carbons (Fsp3) is 0.105. The summed E-state index contributed by atoms with van der Waals surface area (Å²) in [4.78, 5) is 11.3. The molecule has 1 unspecified atom stereocenters. The Balaban J connectivity index is 2.11. The average Bonchev–Trinajstić information content (AvgIpc) is 2.53. The van der Waals surface area contributed by atoms with E-state index >= 15 is 0 Å². The highest BCUT2D eigenvalue weighted by molar-refractivity contribution is 9.10. The lowest BCUT2D eigenvalue weighted by molar-refractivity contribution is -0.137. The maximum Gasteiger partial charge on any atom is 0.304 e. The molecule has 3 aromatic carbocycles. The van der Waals surface area contributed by atoms with Crippen molar-refractivity contribution in [3.8, 4) is 0 Å². The van der Waals surface area contributed by atoms with Crippen molar-refractivity contribution in [2.45, 2.75) is 12.3 Å². The van der Waals surface area contributed by atoms with E-state index in [1.807, 2.05) is 42.5 Å². The first-order valence-electron chi connectivity index (χ1n) is 7.10. The van der Waals surface area contributed by atoms with Crippen LogP contribution < -0.4 is 0 Å². The molecule has 0 aliphatic rings. The van der Waals surface area contributed by atoms with Gasteiger partial charge in [-0.25, -0.2) is 0 Å². The van der Waals surface area contributed by atoms with Gasteiger partial charge in [-0.15, -0.1) is 0 Å².